The number of hydrogen-bond acceptors (Lipinski definition) is 3. The summed E-state index contributed by atoms with van der Waals surface area (Å²) >= 11 is 0. The van der Waals surface area contributed by atoms with Gasteiger partial charge in [0.15, 0.2) is 0 Å². The third kappa shape index (κ3) is 5.21. The summed E-state index contributed by atoms with van der Waals surface area (Å²) in [7, 11) is 0. The van der Waals surface area contributed by atoms with Crippen LogP contribution in [0.15, 0.2) is 24.3 Å². The van der Waals surface area contributed by atoms with E-state index in [9.17, 15) is 5.11 Å². The first-order chi connectivity index (χ1) is 9.29. The molecular weight excluding hydrogens is 240 g/mol. The molecule has 3 heteroatoms. The molecule has 1 aromatic rings. The predicted molar refractivity (Wildman–Crippen MR) is 75.3 cm³/mol. The summed E-state index contributed by atoms with van der Waals surface area (Å²) in [6.45, 7) is 3.95. The Balaban J connectivity index is 1.69. The Morgan fingerprint density at radius 3 is 2.58 bits per heavy atom. The van der Waals surface area contributed by atoms with Gasteiger partial charge in [-0.15, -0.1) is 0 Å². The molecule has 106 valence electrons. The van der Waals surface area contributed by atoms with Crippen LogP contribution in [0.5, 0.6) is 5.75 Å². The average Bonchev–Trinajstić information content (AvgIpc) is 3.26. The molecule has 1 aliphatic rings. The van der Waals surface area contributed by atoms with Crippen LogP contribution in [0.4, 0.5) is 0 Å². The molecule has 0 saturated heterocycles. The molecule has 0 aromatic heterocycles. The Bertz CT molecular complexity index is 357. The average molecular weight is 264 g/mol. The lowest BCUT2D eigenvalue weighted by molar-refractivity contribution is 0.0336. The van der Waals surface area contributed by atoms with Crippen LogP contribution in [-0.2, 0) is 4.74 Å². The van der Waals surface area contributed by atoms with E-state index in [2.05, 4.69) is 6.92 Å². The van der Waals surface area contributed by atoms with Crippen molar-refractivity contribution in [3.8, 4) is 5.75 Å². The van der Waals surface area contributed by atoms with Gasteiger partial charge in [0.2, 0.25) is 0 Å². The van der Waals surface area contributed by atoms with Gasteiger partial charge in [0.1, 0.15) is 11.9 Å². The van der Waals surface area contributed by atoms with Gasteiger partial charge < -0.3 is 14.6 Å². The minimum absolute atomic E-state index is 0.377. The Labute approximate surface area is 115 Å². The van der Waals surface area contributed by atoms with E-state index in [1.807, 2.05) is 24.3 Å². The molecule has 1 aromatic carbocycles. The van der Waals surface area contributed by atoms with Crippen LogP contribution in [0.3, 0.4) is 0 Å². The number of benzene rings is 1. The third-order valence-corrected chi connectivity index (χ3v) is 3.38. The minimum Gasteiger partial charge on any atom is -0.494 e. The van der Waals surface area contributed by atoms with Gasteiger partial charge in [-0.25, -0.2) is 0 Å². The Hall–Kier alpha value is -1.06. The zero-order valence-corrected chi connectivity index (χ0v) is 11.7. The highest BCUT2D eigenvalue weighted by molar-refractivity contribution is 5.28. The molecule has 0 heterocycles. The molecule has 1 atom stereocenters. The lowest BCUT2D eigenvalue weighted by Gasteiger charge is -2.12. The molecule has 1 fully saturated rings. The highest BCUT2D eigenvalue weighted by Gasteiger charge is 2.20. The van der Waals surface area contributed by atoms with Gasteiger partial charge >= 0.3 is 0 Å². The summed E-state index contributed by atoms with van der Waals surface area (Å²) in [5.41, 5.74) is 0.885. The van der Waals surface area contributed by atoms with Crippen molar-refractivity contribution >= 4 is 0 Å². The lowest BCUT2D eigenvalue weighted by atomic mass is 10.1. The molecule has 2 rings (SSSR count). The van der Waals surface area contributed by atoms with Crippen LogP contribution >= 0.6 is 0 Å². The fourth-order valence-electron chi connectivity index (χ4n) is 1.95. The van der Waals surface area contributed by atoms with Crippen molar-refractivity contribution < 1.29 is 14.6 Å². The number of hydrogen-bond donors (Lipinski definition) is 1. The van der Waals surface area contributed by atoms with Crippen molar-refractivity contribution in [1.29, 1.82) is 0 Å². The second-order valence-corrected chi connectivity index (χ2v) is 5.24. The molecule has 19 heavy (non-hydrogen) atoms. The summed E-state index contributed by atoms with van der Waals surface area (Å²) in [6, 6.07) is 7.61. The normalized spacial score (nSPS) is 16.3. The first-order valence-corrected chi connectivity index (χ1v) is 7.28. The van der Waals surface area contributed by atoms with Gasteiger partial charge in [-0.2, -0.15) is 0 Å². The van der Waals surface area contributed by atoms with Crippen molar-refractivity contribution in [2.45, 2.75) is 38.7 Å². The van der Waals surface area contributed by atoms with E-state index in [4.69, 9.17) is 9.47 Å². The maximum absolute atomic E-state index is 10.0. The van der Waals surface area contributed by atoms with Crippen molar-refractivity contribution in [3.05, 3.63) is 29.8 Å². The number of aliphatic hydroxyl groups excluding tert-OH is 1. The van der Waals surface area contributed by atoms with E-state index in [0.717, 1.165) is 43.3 Å². The van der Waals surface area contributed by atoms with Crippen molar-refractivity contribution in [2.24, 2.45) is 5.92 Å². The van der Waals surface area contributed by atoms with Crippen LogP contribution in [0.2, 0.25) is 0 Å². The second-order valence-electron chi connectivity index (χ2n) is 5.24. The molecule has 0 radical (unpaired) electrons. The van der Waals surface area contributed by atoms with Crippen molar-refractivity contribution in [1.82, 2.24) is 0 Å². The molecule has 0 spiro atoms. The zero-order valence-electron chi connectivity index (χ0n) is 11.7. The van der Waals surface area contributed by atoms with Crippen LogP contribution in [0.1, 0.15) is 44.3 Å². The largest absolute Gasteiger partial charge is 0.494 e. The fraction of sp³-hybridized carbons (Fsp3) is 0.625. The molecular formula is C16H24O3. The fourth-order valence-corrected chi connectivity index (χ4v) is 1.95. The maximum Gasteiger partial charge on any atom is 0.119 e. The van der Waals surface area contributed by atoms with Gasteiger partial charge in [-0.3, -0.25) is 0 Å². The van der Waals surface area contributed by atoms with Crippen LogP contribution in [-0.4, -0.2) is 24.9 Å². The summed E-state index contributed by atoms with van der Waals surface area (Å²) in [5, 5.41) is 10.0. The van der Waals surface area contributed by atoms with E-state index < -0.39 is 6.10 Å². The Morgan fingerprint density at radius 1 is 1.21 bits per heavy atom. The molecule has 0 amide bonds. The minimum atomic E-state index is -0.542. The maximum atomic E-state index is 10.0. The molecule has 3 nitrogen and oxygen atoms in total. The second kappa shape index (κ2) is 7.51. The van der Waals surface area contributed by atoms with Gasteiger partial charge in [-0.05, 0) is 36.5 Å². The highest BCUT2D eigenvalue weighted by Crippen LogP contribution is 2.32. The van der Waals surface area contributed by atoms with E-state index >= 15 is 0 Å². The van der Waals surface area contributed by atoms with E-state index in [1.54, 1.807) is 0 Å². The molecule has 0 aliphatic heterocycles. The lowest BCUT2D eigenvalue weighted by Crippen LogP contribution is -2.08. The third-order valence-electron chi connectivity index (χ3n) is 3.38. The highest BCUT2D eigenvalue weighted by atomic mass is 16.5. The number of ether oxygens (including phenoxy) is 2. The van der Waals surface area contributed by atoms with Gasteiger partial charge in [0, 0.05) is 6.61 Å². The van der Waals surface area contributed by atoms with E-state index in [1.165, 1.54) is 12.8 Å². The Kier molecular flexibility index (Phi) is 5.67. The first kappa shape index (κ1) is 14.4. The summed E-state index contributed by atoms with van der Waals surface area (Å²) in [4.78, 5) is 0. The van der Waals surface area contributed by atoms with Gasteiger partial charge in [0.25, 0.3) is 0 Å². The first-order valence-electron chi connectivity index (χ1n) is 7.28. The van der Waals surface area contributed by atoms with E-state index in [-0.39, 0.29) is 0 Å². The van der Waals surface area contributed by atoms with Crippen molar-refractivity contribution in [2.75, 3.05) is 19.8 Å². The van der Waals surface area contributed by atoms with E-state index in [0.29, 0.717) is 6.61 Å². The Morgan fingerprint density at radius 2 is 1.95 bits per heavy atom. The van der Waals surface area contributed by atoms with Crippen LogP contribution in [0.25, 0.3) is 0 Å². The zero-order chi connectivity index (χ0) is 13.5. The molecule has 1 saturated carbocycles. The van der Waals surface area contributed by atoms with Crippen molar-refractivity contribution in [3.63, 3.8) is 0 Å². The van der Waals surface area contributed by atoms with Crippen LogP contribution in [0, 0.1) is 5.92 Å². The topological polar surface area (TPSA) is 38.7 Å². The predicted octanol–water partition coefficient (Wildman–Crippen LogP) is 3.33. The summed E-state index contributed by atoms with van der Waals surface area (Å²) in [5.74, 6) is 1.74. The standard InChI is InChI=1S/C16H24O3/c1-2-10-19-15-7-5-14(6-8-15)16(17)12-18-11-9-13-3-4-13/h5-8,13,16-17H,2-4,9-12H2,1H3. The van der Waals surface area contributed by atoms with Crippen LogP contribution < -0.4 is 4.74 Å². The monoisotopic (exact) mass is 264 g/mol. The molecule has 1 N–H and O–H groups in total. The van der Waals surface area contributed by atoms with Gasteiger partial charge in [0.05, 0.1) is 13.2 Å². The van der Waals surface area contributed by atoms with Gasteiger partial charge in [-0.1, -0.05) is 31.9 Å². The summed E-state index contributed by atoms with van der Waals surface area (Å²) in [6.07, 6.45) is 4.30. The quantitative estimate of drug-likeness (QED) is 0.695. The SMILES string of the molecule is CCCOc1ccc(C(O)COCCC2CC2)cc1. The molecule has 1 aliphatic carbocycles. The summed E-state index contributed by atoms with van der Waals surface area (Å²) < 4.78 is 11.0. The molecule has 1 unspecified atom stereocenters. The smallest absolute Gasteiger partial charge is 0.119 e. The molecule has 0 bridgehead atoms. The number of rotatable bonds is 9. The number of aliphatic hydroxyl groups is 1.